The topological polar surface area (TPSA) is 119 Å². The highest BCUT2D eigenvalue weighted by atomic mass is 16.5. The summed E-state index contributed by atoms with van der Waals surface area (Å²) < 4.78 is 5.12. The summed E-state index contributed by atoms with van der Waals surface area (Å²) in [5.41, 5.74) is 0.508. The fraction of sp³-hybridized carbons (Fsp3) is 0.320. The molecule has 0 heterocycles. The maximum atomic E-state index is 12.4. The lowest BCUT2D eigenvalue weighted by molar-refractivity contribution is -0.127. The van der Waals surface area contributed by atoms with Crippen molar-refractivity contribution in [3.8, 4) is 0 Å². The van der Waals surface area contributed by atoms with Crippen LogP contribution in [0, 0.1) is 0 Å². The lowest BCUT2D eigenvalue weighted by Crippen LogP contribution is -2.48. The van der Waals surface area contributed by atoms with Gasteiger partial charge in [0.15, 0.2) is 6.10 Å². The van der Waals surface area contributed by atoms with Gasteiger partial charge in [-0.05, 0) is 31.9 Å². The fourth-order valence-electron chi connectivity index (χ4n) is 3.57. The molecule has 0 saturated heterocycles. The van der Waals surface area contributed by atoms with E-state index in [0.29, 0.717) is 0 Å². The lowest BCUT2D eigenvalue weighted by atomic mass is 9.96. The molecule has 0 radical (unpaired) electrons. The molecule has 1 saturated carbocycles. The van der Waals surface area contributed by atoms with Crippen LogP contribution < -0.4 is 10.6 Å². The van der Waals surface area contributed by atoms with Gasteiger partial charge in [0.2, 0.25) is 11.6 Å². The molecule has 3 amide bonds. The molecule has 1 fully saturated rings. The lowest BCUT2D eigenvalue weighted by Gasteiger charge is -2.23. The first kappa shape index (κ1) is 23.8. The molecule has 33 heavy (non-hydrogen) atoms. The van der Waals surface area contributed by atoms with Gasteiger partial charge in [0.05, 0.1) is 5.56 Å². The number of benzene rings is 2. The van der Waals surface area contributed by atoms with Gasteiger partial charge in [0.25, 0.3) is 5.91 Å². The summed E-state index contributed by atoms with van der Waals surface area (Å²) in [5, 5.41) is 4.94. The third-order valence-electron chi connectivity index (χ3n) is 5.46. The van der Waals surface area contributed by atoms with E-state index in [1.165, 1.54) is 31.2 Å². The van der Waals surface area contributed by atoms with Crippen LogP contribution in [0.25, 0.3) is 0 Å². The smallest absolute Gasteiger partial charge is 0.338 e. The Hall–Kier alpha value is -3.81. The van der Waals surface area contributed by atoms with Gasteiger partial charge in [-0.2, -0.15) is 0 Å². The predicted octanol–water partition coefficient (Wildman–Crippen LogP) is 3.46. The van der Waals surface area contributed by atoms with Crippen molar-refractivity contribution in [2.45, 2.75) is 51.2 Å². The number of nitrogens with one attached hydrogen (secondary N) is 2. The number of carbonyl (C=O) groups excluding carboxylic acids is 5. The average molecular weight is 450 g/mol. The van der Waals surface area contributed by atoms with Crippen molar-refractivity contribution in [2.24, 2.45) is 0 Å². The number of esters is 1. The van der Waals surface area contributed by atoms with Crippen molar-refractivity contribution < 1.29 is 28.7 Å². The van der Waals surface area contributed by atoms with E-state index < -0.39 is 35.6 Å². The van der Waals surface area contributed by atoms with Crippen molar-refractivity contribution in [3.05, 3.63) is 71.3 Å². The quantitative estimate of drug-likeness (QED) is 0.379. The van der Waals surface area contributed by atoms with Gasteiger partial charge in [-0.25, -0.2) is 9.59 Å². The van der Waals surface area contributed by atoms with Crippen LogP contribution in [-0.2, 0) is 9.53 Å². The fourth-order valence-corrected chi connectivity index (χ4v) is 3.57. The molecule has 2 aromatic carbocycles. The van der Waals surface area contributed by atoms with Gasteiger partial charge in [-0.15, -0.1) is 0 Å². The van der Waals surface area contributed by atoms with E-state index in [-0.39, 0.29) is 22.7 Å². The number of Topliss-reactive ketones (excluding diaryl/α,β-unsaturated/α-hetero) is 2. The van der Waals surface area contributed by atoms with E-state index >= 15 is 0 Å². The van der Waals surface area contributed by atoms with Crippen LogP contribution in [0.4, 0.5) is 4.79 Å². The van der Waals surface area contributed by atoms with Gasteiger partial charge < -0.3 is 10.1 Å². The Morgan fingerprint density at radius 1 is 0.788 bits per heavy atom. The van der Waals surface area contributed by atoms with E-state index in [0.717, 1.165) is 32.1 Å². The predicted molar refractivity (Wildman–Crippen MR) is 120 cm³/mol. The second-order valence-corrected chi connectivity index (χ2v) is 7.95. The zero-order valence-corrected chi connectivity index (χ0v) is 18.3. The molecule has 2 N–H and O–H groups in total. The molecule has 3 rings (SSSR count). The molecule has 0 spiro atoms. The van der Waals surface area contributed by atoms with Gasteiger partial charge >= 0.3 is 12.0 Å². The van der Waals surface area contributed by atoms with Crippen molar-refractivity contribution >= 4 is 29.5 Å². The number of hydrogen-bond acceptors (Lipinski definition) is 6. The Kier molecular flexibility index (Phi) is 8.07. The third-order valence-corrected chi connectivity index (χ3v) is 5.46. The van der Waals surface area contributed by atoms with E-state index in [9.17, 15) is 24.0 Å². The second-order valence-electron chi connectivity index (χ2n) is 7.95. The van der Waals surface area contributed by atoms with Crippen LogP contribution in [0.2, 0.25) is 0 Å². The van der Waals surface area contributed by atoms with Gasteiger partial charge in [-0.3, -0.25) is 19.7 Å². The zero-order valence-electron chi connectivity index (χ0n) is 18.3. The van der Waals surface area contributed by atoms with Crippen LogP contribution in [0.5, 0.6) is 0 Å². The standard InChI is InChI=1S/C25H26N2O6/c1-16(23(30)27-25(32)26-20-10-6-3-7-11-20)33-24(31)19-14-12-18(13-15-19)22(29)21(28)17-8-4-2-5-9-17/h2,4-5,8-9,12-16,20H,3,6-7,10-11H2,1H3,(H2,26,27,30,32)/t16-/m0/s1. The minimum Gasteiger partial charge on any atom is -0.449 e. The largest absolute Gasteiger partial charge is 0.449 e. The van der Waals surface area contributed by atoms with Crippen LogP contribution in [0.3, 0.4) is 0 Å². The highest BCUT2D eigenvalue weighted by molar-refractivity contribution is 6.49. The maximum absolute atomic E-state index is 12.4. The minimum absolute atomic E-state index is 0.0411. The molecule has 0 bridgehead atoms. The molecule has 8 nitrogen and oxygen atoms in total. The number of rotatable bonds is 7. The molecule has 1 atom stereocenters. The summed E-state index contributed by atoms with van der Waals surface area (Å²) in [7, 11) is 0. The van der Waals surface area contributed by atoms with Crippen LogP contribution >= 0.6 is 0 Å². The van der Waals surface area contributed by atoms with Crippen molar-refractivity contribution in [1.29, 1.82) is 0 Å². The molecule has 0 aliphatic heterocycles. The number of urea groups is 1. The van der Waals surface area contributed by atoms with Crippen LogP contribution in [0.1, 0.15) is 70.1 Å². The Balaban J connectivity index is 1.52. The molecule has 1 aliphatic carbocycles. The summed E-state index contributed by atoms with van der Waals surface area (Å²) in [6.45, 7) is 1.36. The molecule has 8 heteroatoms. The van der Waals surface area contributed by atoms with Crippen molar-refractivity contribution in [1.82, 2.24) is 10.6 Å². The zero-order chi connectivity index (χ0) is 23.8. The third kappa shape index (κ3) is 6.58. The van der Waals surface area contributed by atoms with Gasteiger partial charge in [-0.1, -0.05) is 61.7 Å². The van der Waals surface area contributed by atoms with Crippen molar-refractivity contribution in [3.63, 3.8) is 0 Å². The molecular formula is C25H26N2O6. The highest BCUT2D eigenvalue weighted by Crippen LogP contribution is 2.17. The first-order chi connectivity index (χ1) is 15.8. The minimum atomic E-state index is -1.20. The number of carbonyl (C=O) groups is 5. The first-order valence-corrected chi connectivity index (χ1v) is 10.9. The maximum Gasteiger partial charge on any atom is 0.338 e. The van der Waals surface area contributed by atoms with E-state index in [4.69, 9.17) is 4.74 Å². The van der Waals surface area contributed by atoms with E-state index in [2.05, 4.69) is 10.6 Å². The molecule has 172 valence electrons. The van der Waals surface area contributed by atoms with Crippen LogP contribution in [0.15, 0.2) is 54.6 Å². The summed E-state index contributed by atoms with van der Waals surface area (Å²) >= 11 is 0. The van der Waals surface area contributed by atoms with E-state index in [1.807, 2.05) is 0 Å². The summed E-state index contributed by atoms with van der Waals surface area (Å²) in [6, 6.07) is 13.0. The highest BCUT2D eigenvalue weighted by Gasteiger charge is 2.23. The van der Waals surface area contributed by atoms with Gasteiger partial charge in [0.1, 0.15) is 0 Å². The molecule has 0 aromatic heterocycles. The van der Waals surface area contributed by atoms with Crippen molar-refractivity contribution in [2.75, 3.05) is 0 Å². The number of hydrogen-bond donors (Lipinski definition) is 2. The summed E-state index contributed by atoms with van der Waals surface area (Å²) in [6.07, 6.45) is 3.78. The Bertz CT molecular complexity index is 1030. The molecular weight excluding hydrogens is 424 g/mol. The normalized spacial score (nSPS) is 14.6. The summed E-state index contributed by atoms with van der Waals surface area (Å²) in [4.78, 5) is 61.2. The second kappa shape index (κ2) is 11.2. The Morgan fingerprint density at radius 2 is 1.33 bits per heavy atom. The molecule has 1 aliphatic rings. The summed E-state index contributed by atoms with van der Waals surface area (Å²) in [5.74, 6) is -2.88. The number of ketones is 2. The number of amides is 3. The van der Waals surface area contributed by atoms with Crippen LogP contribution in [-0.4, -0.2) is 41.6 Å². The number of ether oxygens (including phenoxy) is 1. The Labute approximate surface area is 191 Å². The Morgan fingerprint density at radius 3 is 1.94 bits per heavy atom. The SMILES string of the molecule is C[C@H](OC(=O)c1ccc(C(=O)C(=O)c2ccccc2)cc1)C(=O)NC(=O)NC1CCCCC1. The van der Waals surface area contributed by atoms with Gasteiger partial charge in [0, 0.05) is 17.2 Å². The monoisotopic (exact) mass is 450 g/mol. The number of imide groups is 1. The average Bonchev–Trinajstić information content (AvgIpc) is 2.84. The first-order valence-electron chi connectivity index (χ1n) is 10.9. The van der Waals surface area contributed by atoms with E-state index in [1.54, 1.807) is 30.3 Å². The molecule has 2 aromatic rings. The molecule has 0 unspecified atom stereocenters.